The van der Waals surface area contributed by atoms with Crippen molar-refractivity contribution < 1.29 is 4.79 Å². The van der Waals surface area contributed by atoms with E-state index >= 15 is 0 Å². The molecule has 1 aromatic heterocycles. The van der Waals surface area contributed by atoms with Crippen LogP contribution in [-0.4, -0.2) is 26.9 Å². The van der Waals surface area contributed by atoms with Crippen LogP contribution in [0.3, 0.4) is 0 Å². The van der Waals surface area contributed by atoms with E-state index in [4.69, 9.17) is 0 Å². The maximum Gasteiger partial charge on any atom is 0.256 e. The Morgan fingerprint density at radius 2 is 2.09 bits per heavy atom. The first-order valence-electron chi connectivity index (χ1n) is 8.89. The van der Waals surface area contributed by atoms with Gasteiger partial charge in [0.05, 0.1) is 18.6 Å². The van der Waals surface area contributed by atoms with E-state index in [1.807, 2.05) is 0 Å². The van der Waals surface area contributed by atoms with Crippen molar-refractivity contribution in [3.63, 3.8) is 0 Å². The average Bonchev–Trinajstić information content (AvgIpc) is 2.57. The Balaban J connectivity index is 1.75. The van der Waals surface area contributed by atoms with Crippen LogP contribution in [0.2, 0.25) is 0 Å². The zero-order valence-corrected chi connectivity index (χ0v) is 14.3. The lowest BCUT2D eigenvalue weighted by Gasteiger charge is -2.29. The van der Waals surface area contributed by atoms with Crippen LogP contribution < -0.4 is 5.56 Å². The van der Waals surface area contributed by atoms with Gasteiger partial charge < -0.3 is 4.90 Å². The number of nitrogens with zero attached hydrogens (tertiary/aromatic N) is 3. The molecule has 1 unspecified atom stereocenters. The molecular weight excluding hydrogens is 290 g/mol. The van der Waals surface area contributed by atoms with Crippen molar-refractivity contribution in [3.8, 4) is 0 Å². The highest BCUT2D eigenvalue weighted by atomic mass is 16.2. The summed E-state index contributed by atoms with van der Waals surface area (Å²) in [4.78, 5) is 30.5. The topological polar surface area (TPSA) is 55.2 Å². The van der Waals surface area contributed by atoms with E-state index in [0.29, 0.717) is 25.4 Å². The van der Waals surface area contributed by atoms with Gasteiger partial charge in [-0.2, -0.15) is 0 Å². The van der Waals surface area contributed by atoms with Gasteiger partial charge in [0.15, 0.2) is 0 Å². The van der Waals surface area contributed by atoms with Gasteiger partial charge in [-0.1, -0.05) is 39.0 Å². The summed E-state index contributed by atoms with van der Waals surface area (Å²) in [6.07, 6.45) is 8.91. The number of carbonyl (C=O) groups excluding carboxylic acids is 1. The molecule has 1 atom stereocenters. The van der Waals surface area contributed by atoms with Crippen molar-refractivity contribution in [3.05, 3.63) is 27.9 Å². The van der Waals surface area contributed by atoms with Gasteiger partial charge in [-0.05, 0) is 18.3 Å². The average molecular weight is 317 g/mol. The third kappa shape index (κ3) is 3.48. The number of carbonyl (C=O) groups is 1. The zero-order chi connectivity index (χ0) is 16.4. The van der Waals surface area contributed by atoms with E-state index < -0.39 is 0 Å². The van der Waals surface area contributed by atoms with Crippen molar-refractivity contribution in [2.75, 3.05) is 6.54 Å². The number of hydrogen-bond donors (Lipinski definition) is 0. The Morgan fingerprint density at radius 3 is 2.78 bits per heavy atom. The Hall–Kier alpha value is -1.65. The molecule has 1 saturated carbocycles. The van der Waals surface area contributed by atoms with Gasteiger partial charge in [0.1, 0.15) is 0 Å². The standard InChI is InChI=1S/C18H27N3O2/c1-13(15-6-4-3-5-7-15)10-21-12-19-17-11-20(14(2)22)9-8-16(17)18(21)23/h12-13,15H,3-11H2,1-2H3. The lowest BCUT2D eigenvalue weighted by atomic mass is 9.81. The first-order valence-corrected chi connectivity index (χ1v) is 8.89. The van der Waals surface area contributed by atoms with E-state index in [2.05, 4.69) is 11.9 Å². The normalized spacial score (nSPS) is 20.2. The van der Waals surface area contributed by atoms with Crippen LogP contribution in [-0.2, 0) is 24.3 Å². The molecule has 0 aromatic carbocycles. The summed E-state index contributed by atoms with van der Waals surface area (Å²) in [7, 11) is 0. The zero-order valence-electron chi connectivity index (χ0n) is 14.3. The molecule has 0 bridgehead atoms. The third-order valence-electron chi connectivity index (χ3n) is 5.58. The molecule has 2 heterocycles. The molecule has 1 amide bonds. The summed E-state index contributed by atoms with van der Waals surface area (Å²) < 4.78 is 1.79. The molecule has 5 nitrogen and oxygen atoms in total. The summed E-state index contributed by atoms with van der Waals surface area (Å²) in [6.45, 7) is 5.69. The van der Waals surface area contributed by atoms with Crippen LogP contribution in [0.4, 0.5) is 0 Å². The van der Waals surface area contributed by atoms with E-state index in [9.17, 15) is 9.59 Å². The molecule has 23 heavy (non-hydrogen) atoms. The van der Waals surface area contributed by atoms with Crippen molar-refractivity contribution in [1.82, 2.24) is 14.5 Å². The van der Waals surface area contributed by atoms with Gasteiger partial charge in [0, 0.05) is 25.6 Å². The van der Waals surface area contributed by atoms with Crippen LogP contribution in [0.1, 0.15) is 57.2 Å². The molecule has 126 valence electrons. The molecule has 1 aliphatic heterocycles. The minimum Gasteiger partial charge on any atom is -0.337 e. The lowest BCUT2D eigenvalue weighted by molar-refractivity contribution is -0.129. The number of fused-ring (bicyclic) bond motifs is 1. The monoisotopic (exact) mass is 317 g/mol. The van der Waals surface area contributed by atoms with Crippen molar-refractivity contribution in [2.24, 2.45) is 11.8 Å². The fourth-order valence-electron chi connectivity index (χ4n) is 4.02. The molecule has 1 aromatic rings. The maximum absolute atomic E-state index is 12.7. The molecule has 1 fully saturated rings. The maximum atomic E-state index is 12.7. The number of hydrogen-bond acceptors (Lipinski definition) is 3. The first-order chi connectivity index (χ1) is 11.1. The minimum atomic E-state index is 0.0487. The summed E-state index contributed by atoms with van der Waals surface area (Å²) in [5.41, 5.74) is 1.68. The second-order valence-electron chi connectivity index (χ2n) is 7.19. The lowest BCUT2D eigenvalue weighted by Crippen LogP contribution is -2.40. The Morgan fingerprint density at radius 1 is 1.35 bits per heavy atom. The Bertz CT molecular complexity index is 632. The van der Waals surface area contributed by atoms with E-state index in [-0.39, 0.29) is 11.5 Å². The minimum absolute atomic E-state index is 0.0487. The summed E-state index contributed by atoms with van der Waals surface area (Å²) in [5.74, 6) is 1.30. The molecule has 1 aliphatic carbocycles. The Kier molecular flexibility index (Phi) is 4.83. The van der Waals surface area contributed by atoms with Crippen molar-refractivity contribution in [1.29, 1.82) is 0 Å². The Labute approximate surface area is 137 Å². The SMILES string of the molecule is CC(=O)N1CCc2c(ncn(CC(C)C3CCCCC3)c2=O)C1. The molecule has 0 N–H and O–H groups in total. The van der Waals surface area contributed by atoms with Gasteiger partial charge in [0.2, 0.25) is 5.91 Å². The van der Waals surface area contributed by atoms with Gasteiger partial charge in [0.25, 0.3) is 5.56 Å². The molecule has 0 spiro atoms. The highest BCUT2D eigenvalue weighted by Crippen LogP contribution is 2.30. The second kappa shape index (κ2) is 6.85. The highest BCUT2D eigenvalue weighted by Gasteiger charge is 2.24. The highest BCUT2D eigenvalue weighted by molar-refractivity contribution is 5.73. The molecular formula is C18H27N3O2. The van der Waals surface area contributed by atoms with Crippen molar-refractivity contribution >= 4 is 5.91 Å². The van der Waals surface area contributed by atoms with Crippen LogP contribution in [0, 0.1) is 11.8 Å². The quantitative estimate of drug-likeness (QED) is 0.860. The van der Waals surface area contributed by atoms with Crippen LogP contribution in [0.25, 0.3) is 0 Å². The van der Waals surface area contributed by atoms with Crippen LogP contribution >= 0.6 is 0 Å². The van der Waals surface area contributed by atoms with Gasteiger partial charge in [-0.3, -0.25) is 14.2 Å². The summed E-state index contributed by atoms with van der Waals surface area (Å²) >= 11 is 0. The fourth-order valence-corrected chi connectivity index (χ4v) is 4.02. The van der Waals surface area contributed by atoms with Gasteiger partial charge in [-0.25, -0.2) is 4.98 Å². The van der Waals surface area contributed by atoms with Gasteiger partial charge in [-0.15, -0.1) is 0 Å². The third-order valence-corrected chi connectivity index (χ3v) is 5.58. The predicted molar refractivity (Wildman–Crippen MR) is 89.0 cm³/mol. The van der Waals surface area contributed by atoms with E-state index in [1.165, 1.54) is 32.1 Å². The number of rotatable bonds is 3. The summed E-state index contributed by atoms with van der Waals surface area (Å²) in [5, 5.41) is 0. The van der Waals surface area contributed by atoms with Crippen LogP contribution in [0.15, 0.2) is 11.1 Å². The van der Waals surface area contributed by atoms with Gasteiger partial charge >= 0.3 is 0 Å². The second-order valence-corrected chi connectivity index (χ2v) is 7.19. The molecule has 3 rings (SSSR count). The summed E-state index contributed by atoms with van der Waals surface area (Å²) in [6, 6.07) is 0. The largest absolute Gasteiger partial charge is 0.337 e. The number of aromatic nitrogens is 2. The molecule has 0 saturated heterocycles. The molecule has 0 radical (unpaired) electrons. The smallest absolute Gasteiger partial charge is 0.256 e. The van der Waals surface area contributed by atoms with E-state index in [1.54, 1.807) is 22.7 Å². The number of amides is 1. The van der Waals surface area contributed by atoms with E-state index in [0.717, 1.165) is 23.7 Å². The fraction of sp³-hybridized carbons (Fsp3) is 0.722. The molecule has 5 heteroatoms. The predicted octanol–water partition coefficient (Wildman–Crippen LogP) is 2.36. The first kappa shape index (κ1) is 16.2. The molecule has 2 aliphatic rings. The van der Waals surface area contributed by atoms with Crippen LogP contribution in [0.5, 0.6) is 0 Å². The van der Waals surface area contributed by atoms with Crippen molar-refractivity contribution in [2.45, 2.75) is 65.5 Å².